The van der Waals surface area contributed by atoms with Gasteiger partial charge in [-0.3, -0.25) is 53.4 Å². The average Bonchev–Trinajstić information content (AvgIpc) is 1.43. The Morgan fingerprint density at radius 1 is 0.875 bits per heavy atom. The first-order valence-corrected chi connectivity index (χ1v) is 37.3. The number of unbranched alkanes of at least 4 members (excludes halogenated alkanes) is 2. The van der Waals surface area contributed by atoms with Gasteiger partial charge < -0.3 is 91.2 Å². The predicted octanol–water partition coefficient (Wildman–Crippen LogP) is 7.83. The highest BCUT2D eigenvalue weighted by atomic mass is 16.7. The maximum absolute atomic E-state index is 15.1. The first kappa shape index (κ1) is 84.5. The van der Waals surface area contributed by atoms with Crippen LogP contribution in [0.5, 0.6) is 17.2 Å². The number of allylic oxidation sites excluding steroid dienone is 3. The Kier molecular flexibility index (Phi) is 27.9. The molecule has 0 unspecified atom stereocenters. The zero-order chi connectivity index (χ0) is 81.7. The SMILES string of the molecule is CO[C@H]1/C=C/O[C@@]2(C)Oc3c(C)c(O)c4c(=O)c(c5oc6cc(N7CCC(C(=N)/C=C\NC(=O)OCc8ccc(NC(=O)[C@H](CCCNC(N)=O)NC(=O)[C@@H](NC(=O)CCCCCN9C(=O)C=CC9=O)C(C)C)cc8)CC7)cc(O)c6nc-5c4c3C2=O)NC(=O)/C(C)=C\C=C\[C@H](C)[C@H](O)[C@@H](C)[C@@H](O)[C@@H](C)[C@H](OC(C)=O)[C@@H]1C. The Bertz CT molecular complexity index is 4620. The summed E-state index contributed by atoms with van der Waals surface area (Å²) in [7, 11) is 1.41. The number of methoxy groups -OCH3 is 1. The molecule has 32 nitrogen and oxygen atoms in total. The van der Waals surface area contributed by atoms with Gasteiger partial charge >= 0.3 is 23.9 Å². The number of nitrogens with one attached hydrogen (secondary N) is 7. The smallest absolute Gasteiger partial charge is 0.411 e. The number of fused-ring (bicyclic) bond motifs is 2. The number of hydrogen-bond acceptors (Lipinski definition) is 24. The maximum Gasteiger partial charge on any atom is 0.411 e. The molecule has 9 amide bonds. The molecule has 6 aliphatic rings. The fourth-order valence-electron chi connectivity index (χ4n) is 14.2. The first-order valence-electron chi connectivity index (χ1n) is 37.3. The van der Waals surface area contributed by atoms with Gasteiger partial charge in [0.25, 0.3) is 23.5 Å². The van der Waals surface area contributed by atoms with Crippen LogP contribution in [-0.2, 0) is 59.1 Å². The van der Waals surface area contributed by atoms with E-state index in [4.69, 9.17) is 44.2 Å². The van der Waals surface area contributed by atoms with Crippen molar-refractivity contribution in [2.75, 3.05) is 48.8 Å². The summed E-state index contributed by atoms with van der Waals surface area (Å²) in [6.07, 6.45) is 10.2. The minimum absolute atomic E-state index is 0.0374. The second-order valence-corrected chi connectivity index (χ2v) is 29.3. The van der Waals surface area contributed by atoms with Gasteiger partial charge in [0.15, 0.2) is 11.3 Å². The van der Waals surface area contributed by atoms with Gasteiger partial charge in [0.1, 0.15) is 58.9 Å². The van der Waals surface area contributed by atoms with Gasteiger partial charge in [-0.2, -0.15) is 0 Å². The lowest BCUT2D eigenvalue weighted by atomic mass is 9.78. The van der Waals surface area contributed by atoms with Gasteiger partial charge in [-0.1, -0.05) is 78.3 Å². The van der Waals surface area contributed by atoms with Crippen LogP contribution in [0.4, 0.5) is 26.7 Å². The minimum Gasteiger partial charge on any atom is -0.507 e. The normalized spacial score (nSPS) is 23.4. The lowest BCUT2D eigenvalue weighted by molar-refractivity contribution is -0.160. The molecular weight excluding hydrogens is 1450 g/mol. The van der Waals surface area contributed by atoms with Crippen molar-refractivity contribution in [2.45, 2.75) is 169 Å². The summed E-state index contributed by atoms with van der Waals surface area (Å²) in [4.78, 5) is 153. The molecule has 5 aliphatic heterocycles. The van der Waals surface area contributed by atoms with Gasteiger partial charge in [-0.05, 0) is 88.1 Å². The second-order valence-electron chi connectivity index (χ2n) is 29.3. The number of alkyl carbamates (subject to hydrolysis) is 1. The third-order valence-electron chi connectivity index (χ3n) is 20.8. The van der Waals surface area contributed by atoms with Crippen molar-refractivity contribution in [1.29, 1.82) is 5.41 Å². The molecule has 4 bridgehead atoms. The number of esters is 1. The molecule has 0 aromatic heterocycles. The number of aromatic hydroxyl groups is 2. The quantitative estimate of drug-likeness (QED) is 0.00699. The average molecular weight is 1550 g/mol. The molecule has 3 aromatic rings. The first-order chi connectivity index (χ1) is 53.1. The summed E-state index contributed by atoms with van der Waals surface area (Å²) in [5.41, 5.74) is 4.72. The third-order valence-corrected chi connectivity index (χ3v) is 20.8. The summed E-state index contributed by atoms with van der Waals surface area (Å²) in [6, 6.07) is 6.51. The number of ether oxygens (including phenoxy) is 5. The summed E-state index contributed by atoms with van der Waals surface area (Å²) >= 11 is 0. The lowest BCUT2D eigenvalue weighted by Gasteiger charge is -2.38. The van der Waals surface area contributed by atoms with Crippen LogP contribution in [0.15, 0.2) is 106 Å². The van der Waals surface area contributed by atoms with Gasteiger partial charge in [-0.25, -0.2) is 14.6 Å². The molecule has 11 atom stereocenters. The summed E-state index contributed by atoms with van der Waals surface area (Å²) in [5, 5.41) is 71.4. The molecule has 1 fully saturated rings. The number of carbonyl (C=O) groups excluding carboxylic acids is 10. The third kappa shape index (κ3) is 19.8. The van der Waals surface area contributed by atoms with Crippen molar-refractivity contribution in [3.8, 4) is 28.7 Å². The molecule has 9 rings (SSSR count). The number of rotatable bonds is 24. The van der Waals surface area contributed by atoms with Gasteiger partial charge in [0.2, 0.25) is 23.2 Å². The van der Waals surface area contributed by atoms with E-state index >= 15 is 9.59 Å². The van der Waals surface area contributed by atoms with Crippen LogP contribution in [0.2, 0.25) is 0 Å². The van der Waals surface area contributed by atoms with Crippen molar-refractivity contribution < 1.29 is 96.5 Å². The van der Waals surface area contributed by atoms with E-state index < -0.39 is 136 Å². The summed E-state index contributed by atoms with van der Waals surface area (Å²) in [5.74, 6) is -11.7. The Labute approximate surface area is 646 Å². The lowest BCUT2D eigenvalue weighted by Crippen LogP contribution is -2.54. The van der Waals surface area contributed by atoms with E-state index in [9.17, 15) is 63.6 Å². The largest absolute Gasteiger partial charge is 0.507 e. The summed E-state index contributed by atoms with van der Waals surface area (Å²) in [6.45, 7) is 16.6. The molecule has 600 valence electrons. The zero-order valence-electron chi connectivity index (χ0n) is 64.4. The van der Waals surface area contributed by atoms with Crippen molar-refractivity contribution in [3.63, 3.8) is 0 Å². The molecule has 13 N–H and O–H groups in total. The highest BCUT2D eigenvalue weighted by Crippen LogP contribution is 2.51. The Morgan fingerprint density at radius 3 is 2.23 bits per heavy atom. The van der Waals surface area contributed by atoms with E-state index in [1.807, 2.05) is 4.90 Å². The fourth-order valence-corrected chi connectivity index (χ4v) is 14.2. The predicted molar refractivity (Wildman–Crippen MR) is 413 cm³/mol. The molecule has 0 spiro atoms. The van der Waals surface area contributed by atoms with Crippen LogP contribution in [-0.4, -0.2) is 171 Å². The number of hydrogen-bond donors (Lipinski definition) is 12. The van der Waals surface area contributed by atoms with Gasteiger partial charge in [-0.15, -0.1) is 0 Å². The number of benzene rings is 4. The van der Waals surface area contributed by atoms with Crippen molar-refractivity contribution in [1.82, 2.24) is 31.2 Å². The van der Waals surface area contributed by atoms with Crippen molar-refractivity contribution in [2.24, 2.45) is 41.2 Å². The van der Waals surface area contributed by atoms with E-state index in [2.05, 4.69) is 31.9 Å². The number of aliphatic hydroxyl groups is 2. The number of aliphatic hydroxyl groups excluding tert-OH is 2. The number of aromatic nitrogens is 1. The van der Waals surface area contributed by atoms with Crippen LogP contribution < -0.4 is 52.7 Å². The number of anilines is 3. The number of Topliss-reactive ketones (excluding diaryl/α,β-unsaturated/α-hetero) is 1. The van der Waals surface area contributed by atoms with E-state index in [0.29, 0.717) is 62.1 Å². The minimum atomic E-state index is -2.17. The highest BCUT2D eigenvalue weighted by Gasteiger charge is 2.50. The maximum atomic E-state index is 15.1. The standard InChI is InChI=1S/C80H99N11O21/c1-40(2)63(87-57(94)20-13-12-14-33-91-58(95)25-26-59(91)96)77(104)86-53(19-16-31-83-78(82)105)76(103)85-50-23-21-48(22-24-50)39-108-79(106)84-32-27-52(81)49-28-34-90(35-29-49)51-37-54(93)64-56(38-51)111-73-65(88-64)60-61-69(99)46(8)72-62(60)74(101)80(10,112-72)109-36-30-55(107-11)43(5)71(110-47(9)92)45(7)68(98)44(6)67(97)41(3)17-15-18-42(4)75(102)89-66(73)70(61)100/h15,17-18,21-27,30,32,36-38,40-41,43-45,49,53,55,63,67-68,71,81,93,97-99H,12-14,16,19-20,28-29,31,33-35,39H2,1-11H3,(H,84,106)(H,85,103)(H,86,104)(H,87,94)(H,89,102)(H3,82,83,105)/b17-15+,32-27-,36-30+,42-18-,81-52?/t41-,43+,44+,45+,53-,55-,63-,67-,68+,71+,80-/m0/s1. The number of piperidine rings is 1. The van der Waals surface area contributed by atoms with Crippen molar-refractivity contribution in [3.05, 3.63) is 124 Å². The molecule has 0 radical (unpaired) electrons. The Morgan fingerprint density at radius 2 is 1.57 bits per heavy atom. The van der Waals surface area contributed by atoms with E-state index in [1.54, 1.807) is 78.0 Å². The number of imide groups is 1. The molecule has 3 aromatic carbocycles. The Hall–Kier alpha value is -11.5. The van der Waals surface area contributed by atoms with E-state index in [-0.39, 0.29) is 124 Å². The summed E-state index contributed by atoms with van der Waals surface area (Å²) < 4.78 is 36.0. The number of nitrogens with zero attached hydrogens (tertiary/aromatic N) is 3. The molecule has 5 heterocycles. The van der Waals surface area contributed by atoms with Crippen molar-refractivity contribution >= 4 is 104 Å². The number of carbonyl (C=O) groups is 10. The second kappa shape index (κ2) is 37.0. The van der Waals surface area contributed by atoms with Crippen LogP contribution in [0.25, 0.3) is 33.3 Å². The number of phenols is 2. The fraction of sp³-hybridized carbons (Fsp3) is 0.463. The van der Waals surface area contributed by atoms with Crippen LogP contribution in [0.3, 0.4) is 0 Å². The molecule has 0 saturated carbocycles. The van der Waals surface area contributed by atoms with Gasteiger partial charge in [0.05, 0.1) is 35.5 Å². The molecule has 1 saturated heterocycles. The topological polar surface area (TPSA) is 469 Å². The van der Waals surface area contributed by atoms with Crippen LogP contribution in [0.1, 0.15) is 135 Å². The number of phenolic OH excluding ortho intramolecular Hbond substituents is 2. The molecule has 1 aliphatic carbocycles. The highest BCUT2D eigenvalue weighted by molar-refractivity contribution is 6.22. The van der Waals surface area contributed by atoms with Crippen LogP contribution >= 0.6 is 0 Å². The number of ketones is 1. The Balaban J connectivity index is 0.855. The molecule has 112 heavy (non-hydrogen) atoms. The van der Waals surface area contributed by atoms with Crippen LogP contribution in [0, 0.1) is 47.8 Å². The monoisotopic (exact) mass is 1550 g/mol. The van der Waals surface area contributed by atoms with E-state index in [0.717, 1.165) is 4.90 Å². The number of primary amides is 1. The zero-order valence-corrected chi connectivity index (χ0v) is 64.4. The molecule has 32 heteroatoms. The number of urea groups is 1. The number of amides is 9. The van der Waals surface area contributed by atoms with Gasteiger partial charge in [0, 0.05) is 147 Å². The molecular formula is C80H99N11O21. The van der Waals surface area contributed by atoms with E-state index in [1.165, 1.54) is 89.8 Å². The number of nitrogens with two attached hydrogens (primary N) is 1.